The first-order valence-electron chi connectivity index (χ1n) is 19.8. The average molecular weight is 853 g/mol. The molecule has 2 aromatic heterocycles. The number of imidazole rings is 1. The maximum atomic E-state index is 14.4. The quantitative estimate of drug-likeness (QED) is 0.130. The molecule has 5 heterocycles. The van der Waals surface area contributed by atoms with Gasteiger partial charge >= 0.3 is 21.6 Å². The maximum Gasteiger partial charge on any atom is 0.522 e. The van der Waals surface area contributed by atoms with Gasteiger partial charge in [-0.15, -0.1) is 0 Å². The number of fused-ring (bicyclic) bond motifs is 2. The average Bonchev–Trinajstić information content (AvgIpc) is 3.69. The lowest BCUT2D eigenvalue weighted by atomic mass is 9.89. The number of alkyl halides is 4. The number of aromatic nitrogens is 4. The van der Waals surface area contributed by atoms with Crippen molar-refractivity contribution in [2.75, 3.05) is 44.8 Å². The minimum Gasteiger partial charge on any atom is -0.461 e. The fraction of sp³-hybridized carbons (Fsp3) is 0.865. The zero-order valence-corrected chi connectivity index (χ0v) is 38.2. The van der Waals surface area contributed by atoms with Crippen molar-refractivity contribution in [1.82, 2.24) is 24.4 Å². The lowest BCUT2D eigenvalue weighted by molar-refractivity contribution is -0.0504. The van der Waals surface area contributed by atoms with Crippen LogP contribution in [0.25, 0.3) is 11.2 Å². The standard InChI is InChI=1S/C30H49FN6O3Si.C7H15F3O3SSi/c1-28(2,3)41(6,7)40-29(4)10-8-12-35(18-29)26-24-25(32-20-37(24)22-14-23(15-22)38-5)33-27(34-26)39-19-30-11-9-13-36(30)17-21(31)16-30;1-6(2,3)15(4,5)13-14(11,12)7(8,9)10/h20-23H,8-19H2,1-7H3;1-5H3/t21-,22?,23?,29-,30+;/m1./s1. The van der Waals surface area contributed by atoms with Gasteiger partial charge in [-0.1, -0.05) is 41.5 Å². The second-order valence-corrected chi connectivity index (χ2v) is 30.9. The van der Waals surface area contributed by atoms with Crippen molar-refractivity contribution < 1.29 is 43.8 Å². The first-order valence-corrected chi connectivity index (χ1v) is 27.0. The molecule has 0 N–H and O–H groups in total. The summed E-state index contributed by atoms with van der Waals surface area (Å²) in [7, 11) is -8.64. The van der Waals surface area contributed by atoms with Gasteiger partial charge in [0, 0.05) is 39.2 Å². The number of halogens is 4. The largest absolute Gasteiger partial charge is 0.522 e. The molecule has 2 aromatic rings. The van der Waals surface area contributed by atoms with Gasteiger partial charge in [0.2, 0.25) is 8.32 Å². The minimum absolute atomic E-state index is 0.134. The van der Waals surface area contributed by atoms with E-state index in [-0.39, 0.29) is 22.3 Å². The maximum absolute atomic E-state index is 14.4. The van der Waals surface area contributed by atoms with Crippen LogP contribution in [0.2, 0.25) is 36.3 Å². The predicted octanol–water partition coefficient (Wildman–Crippen LogP) is 8.37. The highest BCUT2D eigenvalue weighted by Crippen LogP contribution is 2.45. The van der Waals surface area contributed by atoms with Crippen LogP contribution in [0, 0.1) is 0 Å². The van der Waals surface area contributed by atoms with E-state index in [0.29, 0.717) is 37.3 Å². The minimum atomic E-state index is -5.48. The lowest BCUT2D eigenvalue weighted by Crippen LogP contribution is -2.55. The van der Waals surface area contributed by atoms with E-state index in [1.807, 2.05) is 6.33 Å². The molecule has 4 aliphatic rings. The van der Waals surface area contributed by atoms with Gasteiger partial charge < -0.3 is 27.2 Å². The van der Waals surface area contributed by atoms with Crippen LogP contribution in [0.1, 0.15) is 99.5 Å². The fourth-order valence-corrected chi connectivity index (χ4v) is 13.0. The molecule has 1 aliphatic carbocycles. The van der Waals surface area contributed by atoms with Gasteiger partial charge in [0.15, 0.2) is 19.8 Å². The Morgan fingerprint density at radius 1 is 0.946 bits per heavy atom. The van der Waals surface area contributed by atoms with Crippen LogP contribution in [0.15, 0.2) is 6.33 Å². The van der Waals surface area contributed by atoms with Crippen molar-refractivity contribution in [3.05, 3.63) is 6.33 Å². The molecule has 19 heteroatoms. The monoisotopic (exact) mass is 852 g/mol. The molecular formula is C37H64F4N6O6SSi2. The van der Waals surface area contributed by atoms with Gasteiger partial charge in [-0.2, -0.15) is 31.6 Å². The molecule has 0 amide bonds. The van der Waals surface area contributed by atoms with Crippen LogP contribution in [0.4, 0.5) is 23.4 Å². The van der Waals surface area contributed by atoms with E-state index in [0.717, 1.165) is 69.5 Å². The molecule has 3 aliphatic heterocycles. The summed E-state index contributed by atoms with van der Waals surface area (Å²) < 4.78 is 97.8. The fourth-order valence-electron chi connectivity index (χ4n) is 7.76. The highest BCUT2D eigenvalue weighted by atomic mass is 32.2. The molecule has 0 aromatic carbocycles. The molecule has 4 fully saturated rings. The molecule has 56 heavy (non-hydrogen) atoms. The van der Waals surface area contributed by atoms with E-state index >= 15 is 0 Å². The van der Waals surface area contributed by atoms with Gasteiger partial charge in [-0.3, -0.25) is 4.90 Å². The molecule has 6 rings (SSSR count). The van der Waals surface area contributed by atoms with Crippen LogP contribution in [-0.2, 0) is 23.2 Å². The smallest absolute Gasteiger partial charge is 0.461 e. The Morgan fingerprint density at radius 2 is 1.57 bits per heavy atom. The second kappa shape index (κ2) is 15.6. The van der Waals surface area contributed by atoms with Crippen molar-refractivity contribution in [2.24, 2.45) is 0 Å². The summed E-state index contributed by atoms with van der Waals surface area (Å²) in [5.74, 6) is 0.865. The SMILES string of the molecule is CC(C)(C)[Si](C)(C)OS(=O)(=O)C(F)(F)F.COC1CC(n2cnc3nc(OC[C@@]45CCCN4C[C@H](F)C5)nc(N4CCC[C@@](C)(O[Si](C)(C)C(C)(C)C)C4)c32)C1. The van der Waals surface area contributed by atoms with Crippen LogP contribution >= 0.6 is 0 Å². The molecule has 1 saturated carbocycles. The van der Waals surface area contributed by atoms with E-state index in [4.69, 9.17) is 28.9 Å². The highest BCUT2D eigenvalue weighted by molar-refractivity contribution is 7.88. The molecule has 12 nitrogen and oxygen atoms in total. The van der Waals surface area contributed by atoms with Gasteiger partial charge in [-0.05, 0) is 88.3 Å². The van der Waals surface area contributed by atoms with Crippen LogP contribution in [0.3, 0.4) is 0 Å². The Balaban J connectivity index is 0.000000341. The number of hydrogen-bond donors (Lipinski definition) is 0. The normalized spacial score (nSPS) is 28.2. The van der Waals surface area contributed by atoms with Crippen molar-refractivity contribution >= 4 is 43.7 Å². The number of methoxy groups -OCH3 is 1. The molecule has 3 saturated heterocycles. The van der Waals surface area contributed by atoms with E-state index in [9.17, 15) is 26.0 Å². The predicted molar refractivity (Wildman–Crippen MR) is 214 cm³/mol. The van der Waals surface area contributed by atoms with Crippen molar-refractivity contribution in [3.63, 3.8) is 0 Å². The molecule has 0 bridgehead atoms. The van der Waals surface area contributed by atoms with Crippen molar-refractivity contribution in [1.29, 1.82) is 0 Å². The third kappa shape index (κ3) is 9.43. The van der Waals surface area contributed by atoms with Crippen molar-refractivity contribution in [2.45, 2.75) is 165 Å². The van der Waals surface area contributed by atoms with E-state index in [1.54, 1.807) is 27.9 Å². The lowest BCUT2D eigenvalue weighted by Gasteiger charge is -2.48. The van der Waals surface area contributed by atoms with Gasteiger partial charge in [0.1, 0.15) is 18.3 Å². The Hall–Kier alpha value is -1.91. The summed E-state index contributed by atoms with van der Waals surface area (Å²) in [5.41, 5.74) is -4.26. The topological polar surface area (TPSA) is 121 Å². The number of hydrogen-bond acceptors (Lipinski definition) is 11. The summed E-state index contributed by atoms with van der Waals surface area (Å²) in [6.07, 6.45) is 7.89. The summed E-state index contributed by atoms with van der Waals surface area (Å²) in [6.45, 7) is 25.2. The zero-order valence-electron chi connectivity index (χ0n) is 35.3. The van der Waals surface area contributed by atoms with E-state index in [1.165, 1.54) is 13.1 Å². The van der Waals surface area contributed by atoms with Crippen molar-refractivity contribution in [3.8, 4) is 6.01 Å². The number of ether oxygens (including phenoxy) is 2. The number of nitrogens with zero attached hydrogens (tertiary/aromatic N) is 6. The zero-order chi connectivity index (χ0) is 41.9. The second-order valence-electron chi connectivity index (χ2n) is 19.6. The third-order valence-corrected chi connectivity index (χ3v) is 24.4. The van der Waals surface area contributed by atoms with Crippen LogP contribution < -0.4 is 9.64 Å². The summed E-state index contributed by atoms with van der Waals surface area (Å²) >= 11 is 0. The molecule has 320 valence electrons. The van der Waals surface area contributed by atoms with E-state index < -0.39 is 43.5 Å². The first-order chi connectivity index (χ1) is 25.5. The summed E-state index contributed by atoms with van der Waals surface area (Å²) in [4.78, 5) is 19.2. The summed E-state index contributed by atoms with van der Waals surface area (Å²) in [6, 6.07) is 0.645. The third-order valence-electron chi connectivity index (χ3n) is 13.1. The van der Waals surface area contributed by atoms with Gasteiger partial charge in [-0.25, -0.2) is 9.37 Å². The van der Waals surface area contributed by atoms with Crippen LogP contribution in [-0.4, -0.2) is 118 Å². The number of anilines is 1. The molecular weight excluding hydrogens is 789 g/mol. The summed E-state index contributed by atoms with van der Waals surface area (Å²) in [5, 5.41) is -0.458. The van der Waals surface area contributed by atoms with E-state index in [2.05, 4.69) is 59.0 Å². The number of rotatable bonds is 10. The molecule has 0 radical (unpaired) electrons. The first kappa shape index (κ1) is 45.2. The number of piperidine rings is 1. The van der Waals surface area contributed by atoms with Gasteiger partial charge in [0.05, 0.1) is 23.6 Å². The van der Waals surface area contributed by atoms with Gasteiger partial charge in [0.25, 0.3) is 0 Å². The Labute approximate surface area is 332 Å². The molecule has 0 spiro atoms. The molecule has 0 unspecified atom stereocenters. The Bertz CT molecular complexity index is 1810. The highest BCUT2D eigenvalue weighted by Gasteiger charge is 2.53. The Morgan fingerprint density at radius 3 is 2.16 bits per heavy atom. The molecule has 3 atom stereocenters. The Kier molecular flexibility index (Phi) is 12.6. The van der Waals surface area contributed by atoms with Crippen LogP contribution in [0.5, 0.6) is 6.01 Å².